The zero-order chi connectivity index (χ0) is 13.4. The van der Waals surface area contributed by atoms with Gasteiger partial charge in [0, 0.05) is 36.2 Å². The molecule has 0 aromatic carbocycles. The van der Waals surface area contributed by atoms with Crippen molar-refractivity contribution < 1.29 is 0 Å². The summed E-state index contributed by atoms with van der Waals surface area (Å²) in [6, 6.07) is 1.39. The summed E-state index contributed by atoms with van der Waals surface area (Å²) in [6.45, 7) is 9.24. The van der Waals surface area contributed by atoms with E-state index in [2.05, 4.69) is 42.2 Å². The van der Waals surface area contributed by atoms with Gasteiger partial charge in [0.15, 0.2) is 5.13 Å². The average molecular weight is 279 g/mol. The Morgan fingerprint density at radius 3 is 2.89 bits per heavy atom. The van der Waals surface area contributed by atoms with Crippen molar-refractivity contribution in [2.24, 2.45) is 11.8 Å². The van der Waals surface area contributed by atoms with Crippen molar-refractivity contribution in [2.75, 3.05) is 11.4 Å². The maximum absolute atomic E-state index is 4.66. The topological polar surface area (TPSA) is 28.2 Å². The second kappa shape index (κ2) is 5.41. The molecule has 0 radical (unpaired) electrons. The fourth-order valence-electron chi connectivity index (χ4n) is 3.01. The minimum atomic E-state index is 0.617. The van der Waals surface area contributed by atoms with Gasteiger partial charge in [-0.25, -0.2) is 4.98 Å². The first-order valence-electron chi connectivity index (χ1n) is 7.58. The number of rotatable bonds is 4. The van der Waals surface area contributed by atoms with E-state index >= 15 is 0 Å². The van der Waals surface area contributed by atoms with E-state index in [-0.39, 0.29) is 0 Å². The monoisotopic (exact) mass is 279 g/mol. The molecule has 0 amide bonds. The van der Waals surface area contributed by atoms with Crippen LogP contribution in [-0.2, 0) is 6.54 Å². The van der Waals surface area contributed by atoms with E-state index in [0.717, 1.165) is 31.0 Å². The number of piperidine rings is 1. The van der Waals surface area contributed by atoms with E-state index in [4.69, 9.17) is 0 Å². The van der Waals surface area contributed by atoms with E-state index in [1.54, 1.807) is 0 Å². The van der Waals surface area contributed by atoms with Gasteiger partial charge < -0.3 is 10.2 Å². The summed E-state index contributed by atoms with van der Waals surface area (Å²) >= 11 is 1.87. The van der Waals surface area contributed by atoms with E-state index in [1.807, 2.05) is 11.3 Å². The van der Waals surface area contributed by atoms with Crippen LogP contribution in [0.1, 0.15) is 44.9 Å². The second-order valence-corrected chi connectivity index (χ2v) is 7.57. The van der Waals surface area contributed by atoms with Crippen LogP contribution in [0.2, 0.25) is 0 Å². The number of aromatic nitrogens is 1. The summed E-state index contributed by atoms with van der Waals surface area (Å²) in [4.78, 5) is 8.55. The highest BCUT2D eigenvalue weighted by Crippen LogP contribution is 2.33. The lowest BCUT2D eigenvalue weighted by Crippen LogP contribution is -2.45. The third-order valence-electron chi connectivity index (χ3n) is 4.53. The Labute approximate surface area is 120 Å². The van der Waals surface area contributed by atoms with Crippen LogP contribution >= 0.6 is 11.3 Å². The molecular weight excluding hydrogens is 254 g/mol. The van der Waals surface area contributed by atoms with Gasteiger partial charge in [-0.2, -0.15) is 0 Å². The van der Waals surface area contributed by atoms with Crippen LogP contribution in [0.4, 0.5) is 5.13 Å². The molecule has 0 spiro atoms. The predicted octanol–water partition coefficient (Wildman–Crippen LogP) is 3.27. The van der Waals surface area contributed by atoms with Crippen molar-refractivity contribution in [1.29, 1.82) is 0 Å². The molecule has 19 heavy (non-hydrogen) atoms. The molecule has 1 saturated carbocycles. The molecule has 1 aromatic rings. The first kappa shape index (κ1) is 13.4. The molecule has 1 aromatic heterocycles. The van der Waals surface area contributed by atoms with E-state index in [1.165, 1.54) is 29.3 Å². The molecule has 106 valence electrons. The minimum absolute atomic E-state index is 0.617. The quantitative estimate of drug-likeness (QED) is 0.917. The zero-order valence-electron chi connectivity index (χ0n) is 12.2. The highest BCUT2D eigenvalue weighted by atomic mass is 32.1. The highest BCUT2D eigenvalue weighted by Gasteiger charge is 2.30. The lowest BCUT2D eigenvalue weighted by atomic mass is 9.86. The van der Waals surface area contributed by atoms with Crippen molar-refractivity contribution >= 4 is 16.5 Å². The second-order valence-electron chi connectivity index (χ2n) is 6.48. The van der Waals surface area contributed by atoms with Gasteiger partial charge in [-0.3, -0.25) is 0 Å². The van der Waals surface area contributed by atoms with E-state index < -0.39 is 0 Å². The molecule has 1 aliphatic carbocycles. The van der Waals surface area contributed by atoms with Crippen LogP contribution in [-0.4, -0.2) is 23.6 Å². The van der Waals surface area contributed by atoms with Crippen LogP contribution in [0.3, 0.4) is 0 Å². The number of anilines is 1. The van der Waals surface area contributed by atoms with E-state index in [0.29, 0.717) is 6.04 Å². The smallest absolute Gasteiger partial charge is 0.185 e. The fourth-order valence-corrected chi connectivity index (χ4v) is 3.97. The van der Waals surface area contributed by atoms with Gasteiger partial charge in [0.25, 0.3) is 0 Å². The van der Waals surface area contributed by atoms with Crippen LogP contribution < -0.4 is 10.2 Å². The van der Waals surface area contributed by atoms with Gasteiger partial charge in [0.05, 0.1) is 0 Å². The molecular formula is C15H25N3S. The van der Waals surface area contributed by atoms with Gasteiger partial charge in [-0.1, -0.05) is 13.8 Å². The van der Waals surface area contributed by atoms with Crippen LogP contribution in [0.25, 0.3) is 0 Å². The van der Waals surface area contributed by atoms with Crippen LogP contribution in [0.5, 0.6) is 0 Å². The Balaban J connectivity index is 1.66. The first-order valence-corrected chi connectivity index (χ1v) is 8.40. The number of hydrogen-bond acceptors (Lipinski definition) is 4. The predicted molar refractivity (Wildman–Crippen MR) is 81.7 cm³/mol. The van der Waals surface area contributed by atoms with Gasteiger partial charge in [0.2, 0.25) is 0 Å². The number of nitrogens with zero attached hydrogens (tertiary/aromatic N) is 2. The molecule has 3 rings (SSSR count). The van der Waals surface area contributed by atoms with Gasteiger partial charge >= 0.3 is 0 Å². The first-order chi connectivity index (χ1) is 9.13. The SMILES string of the molecule is CC1CC(C)C(C)N(c2ncc(CNC3CC3)s2)C1. The summed E-state index contributed by atoms with van der Waals surface area (Å²) in [5.74, 6) is 1.55. The molecule has 3 atom stereocenters. The van der Waals surface area contributed by atoms with Crippen molar-refractivity contribution in [3.8, 4) is 0 Å². The molecule has 1 aliphatic heterocycles. The maximum Gasteiger partial charge on any atom is 0.185 e. The third kappa shape index (κ3) is 3.11. The molecule has 0 bridgehead atoms. The molecule has 3 nitrogen and oxygen atoms in total. The summed E-state index contributed by atoms with van der Waals surface area (Å²) < 4.78 is 0. The lowest BCUT2D eigenvalue weighted by molar-refractivity contribution is 0.297. The molecule has 2 aliphatic rings. The van der Waals surface area contributed by atoms with Crippen molar-refractivity contribution in [3.05, 3.63) is 11.1 Å². The summed E-state index contributed by atoms with van der Waals surface area (Å²) in [5, 5.41) is 4.79. The summed E-state index contributed by atoms with van der Waals surface area (Å²) in [5.41, 5.74) is 0. The standard InChI is InChI=1S/C15H25N3S/c1-10-6-11(2)12(3)18(9-10)15-17-8-14(19-15)7-16-13-4-5-13/h8,10-13,16H,4-7,9H2,1-3H3. The summed E-state index contributed by atoms with van der Waals surface area (Å²) in [7, 11) is 0. The Bertz CT molecular complexity index is 427. The Hall–Kier alpha value is -0.610. The maximum atomic E-state index is 4.66. The average Bonchev–Trinajstić information content (AvgIpc) is 3.09. The number of hydrogen-bond donors (Lipinski definition) is 1. The van der Waals surface area contributed by atoms with Gasteiger partial charge in [-0.05, 0) is 38.0 Å². The Morgan fingerprint density at radius 1 is 1.37 bits per heavy atom. The zero-order valence-corrected chi connectivity index (χ0v) is 13.0. The molecule has 2 fully saturated rings. The normalized spacial score (nSPS) is 31.7. The van der Waals surface area contributed by atoms with Crippen molar-refractivity contribution in [1.82, 2.24) is 10.3 Å². The number of thiazole rings is 1. The Morgan fingerprint density at radius 2 is 2.16 bits per heavy atom. The van der Waals surface area contributed by atoms with Crippen LogP contribution in [0, 0.1) is 11.8 Å². The van der Waals surface area contributed by atoms with Gasteiger partial charge in [0.1, 0.15) is 0 Å². The number of nitrogens with one attached hydrogen (secondary N) is 1. The lowest BCUT2D eigenvalue weighted by Gasteiger charge is -2.41. The molecule has 2 heterocycles. The third-order valence-corrected chi connectivity index (χ3v) is 5.56. The minimum Gasteiger partial charge on any atom is -0.345 e. The van der Waals surface area contributed by atoms with Crippen molar-refractivity contribution in [2.45, 2.75) is 58.7 Å². The van der Waals surface area contributed by atoms with E-state index in [9.17, 15) is 0 Å². The molecule has 3 unspecified atom stereocenters. The van der Waals surface area contributed by atoms with Gasteiger partial charge in [-0.15, -0.1) is 11.3 Å². The molecule has 1 N–H and O–H groups in total. The fraction of sp³-hybridized carbons (Fsp3) is 0.800. The largest absolute Gasteiger partial charge is 0.345 e. The molecule has 4 heteroatoms. The molecule has 1 saturated heterocycles. The summed E-state index contributed by atoms with van der Waals surface area (Å²) in [6.07, 6.45) is 6.11. The van der Waals surface area contributed by atoms with Crippen molar-refractivity contribution in [3.63, 3.8) is 0 Å². The van der Waals surface area contributed by atoms with Crippen LogP contribution in [0.15, 0.2) is 6.20 Å². The highest BCUT2D eigenvalue weighted by molar-refractivity contribution is 7.15. The Kier molecular flexibility index (Phi) is 3.81.